The van der Waals surface area contributed by atoms with Crippen LogP contribution in [0.25, 0.3) is 11.3 Å². The highest BCUT2D eigenvalue weighted by molar-refractivity contribution is 6.33. The zero-order chi connectivity index (χ0) is 24.1. The number of pyridine rings is 1. The first kappa shape index (κ1) is 24.2. The maximum atomic E-state index is 12.8. The second-order valence-electron chi connectivity index (χ2n) is 7.06. The fourth-order valence-corrected chi connectivity index (χ4v) is 3.68. The van der Waals surface area contributed by atoms with E-state index in [-0.39, 0.29) is 33.8 Å². The second-order valence-corrected chi connectivity index (χ2v) is 7.88. The number of aromatic nitrogens is 1. The smallest absolute Gasteiger partial charge is 0.336 e. The lowest BCUT2D eigenvalue weighted by Gasteiger charge is -2.22. The number of halogens is 2. The molecule has 8 nitrogen and oxygen atoms in total. The van der Waals surface area contributed by atoms with Crippen LogP contribution in [-0.2, 0) is 11.2 Å². The number of hydrogen-bond donors (Lipinski definition) is 4. The molecule has 2 aromatic carbocycles. The molecule has 0 bridgehead atoms. The first-order valence-corrected chi connectivity index (χ1v) is 10.4. The quantitative estimate of drug-likeness (QED) is 0.380. The van der Waals surface area contributed by atoms with Gasteiger partial charge in [-0.1, -0.05) is 59.6 Å². The van der Waals surface area contributed by atoms with Gasteiger partial charge >= 0.3 is 11.9 Å². The molecular weight excluding hydrogens is 471 g/mol. The molecule has 0 saturated heterocycles. The topological polar surface area (TPSA) is 137 Å². The highest BCUT2D eigenvalue weighted by atomic mass is 35.5. The van der Waals surface area contributed by atoms with Gasteiger partial charge in [0.15, 0.2) is 6.10 Å². The molecule has 170 valence electrons. The molecule has 0 radical (unpaired) electrons. The first-order valence-electron chi connectivity index (χ1n) is 9.62. The number of carbonyl (C=O) groups is 3. The van der Waals surface area contributed by atoms with Crippen LogP contribution in [0, 0.1) is 0 Å². The van der Waals surface area contributed by atoms with Crippen LogP contribution in [0.5, 0.6) is 0 Å². The maximum Gasteiger partial charge on any atom is 0.336 e. The molecule has 33 heavy (non-hydrogen) atoms. The Hall–Kier alpha value is -3.46. The number of aliphatic hydroxyl groups excluding tert-OH is 1. The van der Waals surface area contributed by atoms with E-state index in [0.29, 0.717) is 10.6 Å². The standard InChI is InChI=1S/C23H18Cl2N2O6/c24-16-8-4-1-5-12(16)10-18(20(28)23(32)33)27-21(29)13-9-17(25)19(26-11-13)14-6-2-3-7-15(14)22(30)31/h1-9,11,18,20,28H,10H2,(H,27,29)(H,30,31)(H,32,33)/t18?,20-/m1/s1. The maximum absolute atomic E-state index is 12.8. The molecule has 0 aliphatic carbocycles. The predicted octanol–water partition coefficient (Wildman–Crippen LogP) is 3.54. The number of rotatable bonds is 8. The summed E-state index contributed by atoms with van der Waals surface area (Å²) in [7, 11) is 0. The van der Waals surface area contributed by atoms with Gasteiger partial charge in [-0.2, -0.15) is 0 Å². The summed E-state index contributed by atoms with van der Waals surface area (Å²) in [5.41, 5.74) is 0.984. The summed E-state index contributed by atoms with van der Waals surface area (Å²) in [6.07, 6.45) is -0.741. The number of aliphatic carboxylic acids is 1. The van der Waals surface area contributed by atoms with Crippen LogP contribution < -0.4 is 5.32 Å². The zero-order valence-electron chi connectivity index (χ0n) is 16.9. The number of carboxylic acid groups (broad SMARTS) is 2. The molecule has 3 aromatic rings. The highest BCUT2D eigenvalue weighted by Gasteiger charge is 2.29. The van der Waals surface area contributed by atoms with E-state index in [0.717, 1.165) is 0 Å². The number of nitrogens with one attached hydrogen (secondary N) is 1. The normalized spacial score (nSPS) is 12.6. The minimum Gasteiger partial charge on any atom is -0.479 e. The molecule has 1 unspecified atom stereocenters. The van der Waals surface area contributed by atoms with E-state index >= 15 is 0 Å². The summed E-state index contributed by atoms with van der Waals surface area (Å²) in [6.45, 7) is 0. The average Bonchev–Trinajstić information content (AvgIpc) is 2.79. The van der Waals surface area contributed by atoms with E-state index < -0.39 is 30.0 Å². The zero-order valence-corrected chi connectivity index (χ0v) is 18.4. The molecular formula is C23H18Cl2N2O6. The van der Waals surface area contributed by atoms with Crippen LogP contribution in [0.4, 0.5) is 0 Å². The van der Waals surface area contributed by atoms with Gasteiger partial charge in [-0.05, 0) is 30.2 Å². The number of carboxylic acids is 2. The van der Waals surface area contributed by atoms with Crippen LogP contribution >= 0.6 is 23.2 Å². The minimum absolute atomic E-state index is 0.00157. The van der Waals surface area contributed by atoms with Crippen molar-refractivity contribution in [3.63, 3.8) is 0 Å². The number of aliphatic hydroxyl groups is 1. The van der Waals surface area contributed by atoms with Crippen molar-refractivity contribution >= 4 is 41.0 Å². The van der Waals surface area contributed by atoms with Crippen molar-refractivity contribution < 1.29 is 29.7 Å². The third-order valence-corrected chi connectivity index (χ3v) is 5.52. The molecule has 0 saturated carbocycles. The lowest BCUT2D eigenvalue weighted by atomic mass is 10.0. The van der Waals surface area contributed by atoms with Crippen LogP contribution in [0.3, 0.4) is 0 Å². The van der Waals surface area contributed by atoms with Crippen LogP contribution in [-0.4, -0.2) is 50.3 Å². The largest absolute Gasteiger partial charge is 0.479 e. The van der Waals surface area contributed by atoms with Gasteiger partial charge in [0.1, 0.15) is 0 Å². The van der Waals surface area contributed by atoms with E-state index in [1.54, 1.807) is 42.5 Å². The Kier molecular flexibility index (Phi) is 7.65. The van der Waals surface area contributed by atoms with E-state index in [1.165, 1.54) is 18.3 Å². The number of nitrogens with zero attached hydrogens (tertiary/aromatic N) is 1. The van der Waals surface area contributed by atoms with Gasteiger partial charge in [-0.25, -0.2) is 9.59 Å². The van der Waals surface area contributed by atoms with E-state index in [9.17, 15) is 29.7 Å². The van der Waals surface area contributed by atoms with Crippen molar-refractivity contribution in [2.45, 2.75) is 18.6 Å². The fourth-order valence-electron chi connectivity index (χ4n) is 3.20. The van der Waals surface area contributed by atoms with Gasteiger partial charge in [0.05, 0.1) is 27.9 Å². The highest BCUT2D eigenvalue weighted by Crippen LogP contribution is 2.29. The van der Waals surface area contributed by atoms with Crippen molar-refractivity contribution in [2.75, 3.05) is 0 Å². The number of carbonyl (C=O) groups excluding carboxylic acids is 1. The summed E-state index contributed by atoms with van der Waals surface area (Å²) in [4.78, 5) is 39.8. The Morgan fingerprint density at radius 2 is 1.64 bits per heavy atom. The van der Waals surface area contributed by atoms with Crippen LogP contribution in [0.15, 0.2) is 60.8 Å². The van der Waals surface area contributed by atoms with Crippen molar-refractivity contribution in [2.24, 2.45) is 0 Å². The van der Waals surface area contributed by atoms with Gasteiger partial charge in [-0.3, -0.25) is 9.78 Å². The third kappa shape index (κ3) is 5.67. The summed E-state index contributed by atoms with van der Waals surface area (Å²) in [6, 6.07) is 12.9. The monoisotopic (exact) mass is 488 g/mol. The van der Waals surface area contributed by atoms with Crippen molar-refractivity contribution in [1.29, 1.82) is 0 Å². The molecule has 1 amide bonds. The van der Waals surface area contributed by atoms with E-state index in [2.05, 4.69) is 10.3 Å². The predicted molar refractivity (Wildman–Crippen MR) is 122 cm³/mol. The SMILES string of the molecule is O=C(NC(Cc1ccccc1Cl)[C@@H](O)C(=O)O)c1cnc(-c2ccccc2C(=O)O)c(Cl)c1. The average molecular weight is 489 g/mol. The van der Waals surface area contributed by atoms with E-state index in [4.69, 9.17) is 23.2 Å². The number of aromatic carboxylic acids is 1. The second kappa shape index (κ2) is 10.4. The fraction of sp³-hybridized carbons (Fsp3) is 0.130. The molecule has 0 fully saturated rings. The number of amides is 1. The lowest BCUT2D eigenvalue weighted by molar-refractivity contribution is -0.148. The summed E-state index contributed by atoms with van der Waals surface area (Å²) < 4.78 is 0. The van der Waals surface area contributed by atoms with Crippen molar-refractivity contribution in [1.82, 2.24) is 10.3 Å². The number of benzene rings is 2. The Balaban J connectivity index is 1.87. The van der Waals surface area contributed by atoms with Gasteiger partial charge in [0.25, 0.3) is 5.91 Å². The molecule has 0 spiro atoms. The molecule has 10 heteroatoms. The molecule has 1 heterocycles. The van der Waals surface area contributed by atoms with Crippen molar-refractivity contribution in [3.05, 3.63) is 87.5 Å². The molecule has 1 aromatic heterocycles. The molecule has 0 aliphatic rings. The Morgan fingerprint density at radius 1 is 0.970 bits per heavy atom. The van der Waals surface area contributed by atoms with Crippen molar-refractivity contribution in [3.8, 4) is 11.3 Å². The van der Waals surface area contributed by atoms with Crippen LogP contribution in [0.1, 0.15) is 26.3 Å². The molecule has 4 N–H and O–H groups in total. The summed E-state index contributed by atoms with van der Waals surface area (Å²) in [5.74, 6) is -3.39. The number of hydrogen-bond acceptors (Lipinski definition) is 5. The Bertz CT molecular complexity index is 1220. The third-order valence-electron chi connectivity index (χ3n) is 4.86. The van der Waals surface area contributed by atoms with Gasteiger partial charge < -0.3 is 20.6 Å². The first-order chi connectivity index (χ1) is 15.7. The minimum atomic E-state index is -1.89. The Labute approximate surface area is 198 Å². The van der Waals surface area contributed by atoms with Crippen LogP contribution in [0.2, 0.25) is 10.0 Å². The van der Waals surface area contributed by atoms with E-state index in [1.807, 2.05) is 0 Å². The Morgan fingerprint density at radius 3 is 2.27 bits per heavy atom. The van der Waals surface area contributed by atoms with Gasteiger partial charge in [-0.15, -0.1) is 0 Å². The molecule has 2 atom stereocenters. The lowest BCUT2D eigenvalue weighted by Crippen LogP contribution is -2.48. The molecule has 0 aliphatic heterocycles. The van der Waals surface area contributed by atoms with Gasteiger partial charge in [0.2, 0.25) is 0 Å². The molecule has 3 rings (SSSR count). The summed E-state index contributed by atoms with van der Waals surface area (Å²) >= 11 is 12.4. The summed E-state index contributed by atoms with van der Waals surface area (Å²) in [5, 5.41) is 31.6. The van der Waals surface area contributed by atoms with Gasteiger partial charge in [0, 0.05) is 16.8 Å².